The number of amides is 2. The lowest BCUT2D eigenvalue weighted by Gasteiger charge is -2.35. The van der Waals surface area contributed by atoms with E-state index >= 15 is 0 Å². The largest absolute Gasteiger partial charge is 0.283 e. The van der Waals surface area contributed by atoms with Gasteiger partial charge in [0, 0.05) is 32.6 Å². The van der Waals surface area contributed by atoms with Crippen molar-refractivity contribution >= 4 is 21.8 Å². The molecule has 0 atom stereocenters. The van der Waals surface area contributed by atoms with Crippen molar-refractivity contribution in [1.29, 1.82) is 0 Å². The number of piperazine rings is 1. The number of imide groups is 1. The van der Waals surface area contributed by atoms with E-state index < -0.39 is 21.3 Å². The number of halogens is 1. The third-order valence-corrected chi connectivity index (χ3v) is 7.84. The van der Waals surface area contributed by atoms with Crippen LogP contribution in [-0.2, 0) is 19.6 Å². The van der Waals surface area contributed by atoms with Gasteiger partial charge in [0.1, 0.15) is 5.82 Å². The number of hydrogen-bond donors (Lipinski definition) is 0. The number of hydrogen-bond acceptors (Lipinski definition) is 5. The van der Waals surface area contributed by atoms with Gasteiger partial charge in [-0.05, 0) is 31.0 Å². The van der Waals surface area contributed by atoms with Gasteiger partial charge in [0.25, 0.3) is 0 Å². The van der Waals surface area contributed by atoms with Crippen molar-refractivity contribution in [3.8, 4) is 0 Å². The summed E-state index contributed by atoms with van der Waals surface area (Å²) in [6, 6.07) is 4.96. The van der Waals surface area contributed by atoms with E-state index in [1.54, 1.807) is 0 Å². The van der Waals surface area contributed by atoms with Crippen molar-refractivity contribution < 1.29 is 22.4 Å². The van der Waals surface area contributed by atoms with Crippen LogP contribution in [0.3, 0.4) is 0 Å². The highest BCUT2D eigenvalue weighted by Gasteiger charge is 2.49. The van der Waals surface area contributed by atoms with Crippen LogP contribution in [0.2, 0.25) is 0 Å². The highest BCUT2D eigenvalue weighted by atomic mass is 32.2. The Morgan fingerprint density at radius 2 is 1.71 bits per heavy atom. The molecule has 0 bridgehead atoms. The minimum atomic E-state index is -3.76. The molecule has 0 unspecified atom stereocenters. The molecule has 2 saturated heterocycles. The fourth-order valence-corrected chi connectivity index (χ4v) is 5.35. The molecule has 0 N–H and O–H groups in total. The summed E-state index contributed by atoms with van der Waals surface area (Å²) in [7, 11) is -3.76. The molecule has 154 valence electrons. The van der Waals surface area contributed by atoms with Crippen LogP contribution in [0.5, 0.6) is 0 Å². The van der Waals surface area contributed by atoms with Gasteiger partial charge in [-0.2, -0.15) is 4.31 Å². The second-order valence-corrected chi connectivity index (χ2v) is 9.35. The van der Waals surface area contributed by atoms with E-state index in [1.165, 1.54) is 27.4 Å². The molecule has 0 spiro atoms. The van der Waals surface area contributed by atoms with Gasteiger partial charge in [0.15, 0.2) is 0 Å². The second kappa shape index (κ2) is 7.88. The zero-order valence-corrected chi connectivity index (χ0v) is 17.0. The van der Waals surface area contributed by atoms with E-state index in [0.717, 1.165) is 6.07 Å². The summed E-state index contributed by atoms with van der Waals surface area (Å²) in [4.78, 5) is 28.3. The molecule has 2 amide bonds. The Balaban J connectivity index is 1.63. The first kappa shape index (κ1) is 20.9. The lowest BCUT2D eigenvalue weighted by atomic mass is 9.81. The zero-order chi connectivity index (χ0) is 20.5. The molecule has 1 aromatic rings. The molecule has 2 heterocycles. The van der Waals surface area contributed by atoms with Crippen LogP contribution in [0, 0.1) is 11.2 Å². The van der Waals surface area contributed by atoms with E-state index in [1.807, 2.05) is 18.7 Å². The summed E-state index contributed by atoms with van der Waals surface area (Å²) >= 11 is 0. The van der Waals surface area contributed by atoms with E-state index in [2.05, 4.69) is 0 Å². The average molecular weight is 411 g/mol. The van der Waals surface area contributed by atoms with Crippen LogP contribution in [0.1, 0.15) is 33.1 Å². The molecule has 28 heavy (non-hydrogen) atoms. The number of benzene rings is 1. The lowest BCUT2D eigenvalue weighted by molar-refractivity contribution is -0.144. The molecule has 0 saturated carbocycles. The van der Waals surface area contributed by atoms with Crippen LogP contribution < -0.4 is 0 Å². The molecule has 2 fully saturated rings. The number of likely N-dealkylation sites (tertiary alicyclic amines) is 1. The van der Waals surface area contributed by atoms with Crippen molar-refractivity contribution in [1.82, 2.24) is 14.1 Å². The van der Waals surface area contributed by atoms with Gasteiger partial charge in [-0.15, -0.1) is 0 Å². The van der Waals surface area contributed by atoms with Crippen molar-refractivity contribution in [2.45, 2.75) is 38.0 Å². The Morgan fingerprint density at radius 3 is 2.25 bits per heavy atom. The molecule has 0 aromatic heterocycles. The first-order chi connectivity index (χ1) is 13.2. The number of rotatable bonds is 6. The summed E-state index contributed by atoms with van der Waals surface area (Å²) in [5, 5.41) is 0. The Labute approximate surface area is 165 Å². The van der Waals surface area contributed by atoms with Crippen LogP contribution in [-0.4, -0.2) is 67.2 Å². The fraction of sp³-hybridized carbons (Fsp3) is 0.579. The summed E-state index contributed by atoms with van der Waals surface area (Å²) in [5.41, 5.74) is -0.598. The minimum Gasteiger partial charge on any atom is -0.283 e. The van der Waals surface area contributed by atoms with Crippen molar-refractivity contribution in [2.24, 2.45) is 5.41 Å². The summed E-state index contributed by atoms with van der Waals surface area (Å²) in [5.74, 6) is -0.887. The normalized spacial score (nSPS) is 21.5. The van der Waals surface area contributed by atoms with Crippen LogP contribution in [0.15, 0.2) is 29.2 Å². The molecule has 0 radical (unpaired) electrons. The lowest BCUT2D eigenvalue weighted by Crippen LogP contribution is -2.52. The maximum atomic E-state index is 13.4. The van der Waals surface area contributed by atoms with E-state index in [0.29, 0.717) is 25.9 Å². The summed E-state index contributed by atoms with van der Waals surface area (Å²) in [6.45, 7) is 5.28. The van der Waals surface area contributed by atoms with Gasteiger partial charge in [0.2, 0.25) is 21.8 Å². The van der Waals surface area contributed by atoms with Gasteiger partial charge in [-0.1, -0.05) is 19.9 Å². The van der Waals surface area contributed by atoms with Gasteiger partial charge >= 0.3 is 0 Å². The molecule has 9 heteroatoms. The molecule has 1 aromatic carbocycles. The molecule has 3 rings (SSSR count). The maximum Gasteiger partial charge on any atom is 0.243 e. The fourth-order valence-electron chi connectivity index (χ4n) is 3.89. The highest BCUT2D eigenvalue weighted by Crippen LogP contribution is 2.39. The smallest absolute Gasteiger partial charge is 0.243 e. The van der Waals surface area contributed by atoms with E-state index in [9.17, 15) is 22.4 Å². The standard InChI is InChI=1S/C19H26FN3O4S/c1-3-19(4-2)13-17(24)23(18(19)25)14-21-8-10-22(11-9-21)28(26,27)16-7-5-6-15(20)12-16/h5-7,12H,3-4,8-11,13-14H2,1-2H3. The number of nitrogens with zero attached hydrogens (tertiary/aromatic N) is 3. The predicted molar refractivity (Wildman–Crippen MR) is 101 cm³/mol. The quantitative estimate of drug-likeness (QED) is 0.666. The third-order valence-electron chi connectivity index (χ3n) is 5.95. The topological polar surface area (TPSA) is 78.0 Å². The van der Waals surface area contributed by atoms with E-state index in [-0.39, 0.29) is 42.9 Å². The molecule has 0 aliphatic carbocycles. The monoisotopic (exact) mass is 411 g/mol. The SMILES string of the molecule is CCC1(CC)CC(=O)N(CN2CCN(S(=O)(=O)c3cccc(F)c3)CC2)C1=O. The second-order valence-electron chi connectivity index (χ2n) is 7.41. The van der Waals surface area contributed by atoms with Crippen LogP contribution >= 0.6 is 0 Å². The minimum absolute atomic E-state index is 0.0680. The van der Waals surface area contributed by atoms with Gasteiger partial charge in [-0.3, -0.25) is 19.4 Å². The predicted octanol–water partition coefficient (Wildman–Crippen LogP) is 1.65. The van der Waals surface area contributed by atoms with Gasteiger partial charge in [0.05, 0.1) is 17.0 Å². The first-order valence-electron chi connectivity index (χ1n) is 9.56. The Hall–Kier alpha value is -1.84. The summed E-state index contributed by atoms with van der Waals surface area (Å²) in [6.07, 6.45) is 1.50. The van der Waals surface area contributed by atoms with Crippen molar-refractivity contribution in [3.05, 3.63) is 30.1 Å². The van der Waals surface area contributed by atoms with Gasteiger partial charge < -0.3 is 0 Å². The average Bonchev–Trinajstić information content (AvgIpc) is 2.93. The maximum absolute atomic E-state index is 13.4. The van der Waals surface area contributed by atoms with Crippen LogP contribution in [0.4, 0.5) is 4.39 Å². The number of carbonyl (C=O) groups is 2. The Bertz CT molecular complexity index is 862. The zero-order valence-electron chi connectivity index (χ0n) is 16.2. The molecular weight excluding hydrogens is 385 g/mol. The Kier molecular flexibility index (Phi) is 5.88. The summed E-state index contributed by atoms with van der Waals surface area (Å²) < 4.78 is 40.1. The van der Waals surface area contributed by atoms with Crippen molar-refractivity contribution in [3.63, 3.8) is 0 Å². The molecular formula is C19H26FN3O4S. The molecule has 7 nitrogen and oxygen atoms in total. The highest BCUT2D eigenvalue weighted by molar-refractivity contribution is 7.89. The Morgan fingerprint density at radius 1 is 1.07 bits per heavy atom. The number of sulfonamides is 1. The van der Waals surface area contributed by atoms with Crippen molar-refractivity contribution in [2.75, 3.05) is 32.8 Å². The molecule has 2 aliphatic heterocycles. The van der Waals surface area contributed by atoms with Crippen LogP contribution in [0.25, 0.3) is 0 Å². The van der Waals surface area contributed by atoms with Gasteiger partial charge in [-0.25, -0.2) is 12.8 Å². The third kappa shape index (κ3) is 3.70. The first-order valence-corrected chi connectivity index (χ1v) is 11.0. The number of carbonyl (C=O) groups excluding carboxylic acids is 2. The molecule has 2 aliphatic rings. The van der Waals surface area contributed by atoms with E-state index in [4.69, 9.17) is 0 Å².